The molecule has 39 heavy (non-hydrogen) atoms. The summed E-state index contributed by atoms with van der Waals surface area (Å²) in [6.45, 7) is 12.3. The Labute approximate surface area is 236 Å². The number of anilines is 2. The van der Waals surface area contributed by atoms with Gasteiger partial charge in [-0.2, -0.15) is 0 Å². The van der Waals surface area contributed by atoms with Crippen LogP contribution in [-0.4, -0.2) is 20.6 Å². The minimum atomic E-state index is -0.134. The molecule has 2 N–H and O–H groups in total. The van der Waals surface area contributed by atoms with Gasteiger partial charge in [0.2, 0.25) is 5.91 Å². The molecular formula is C32H35N5OS. The van der Waals surface area contributed by atoms with Crippen molar-refractivity contribution in [2.45, 2.75) is 53.6 Å². The smallest absolute Gasteiger partial charge is 0.226 e. The summed E-state index contributed by atoms with van der Waals surface area (Å²) in [6, 6.07) is 22.6. The molecule has 200 valence electrons. The van der Waals surface area contributed by atoms with E-state index in [1.807, 2.05) is 57.3 Å². The summed E-state index contributed by atoms with van der Waals surface area (Å²) in [5.41, 5.74) is 9.61. The standard InChI is InChI=1S/C32H35N5OS/c1-19(2)31(38)34-26-15-14-24(17-21(26)4)37-30(29(35-32(37)39)27-12-9-10-16-33-27)25-18-22(5)36(23(25)6)28-13-8-7-11-20(28)3/h7-19,29-30H,1-6H3,(H,34,38)(H,35,39)/t29-,30+/m1/s1. The first kappa shape index (κ1) is 26.6. The van der Waals surface area contributed by atoms with Crippen LogP contribution in [0.15, 0.2) is 72.9 Å². The number of aromatic nitrogens is 2. The molecule has 0 bridgehead atoms. The Bertz CT molecular complexity index is 1540. The molecule has 0 spiro atoms. The highest BCUT2D eigenvalue weighted by molar-refractivity contribution is 7.80. The SMILES string of the molecule is Cc1cc(N2C(=S)N[C@H](c3ccccn3)[C@@H]2c2cc(C)n(-c3ccccc3C)c2C)ccc1NC(=O)C(C)C. The average molecular weight is 538 g/mol. The first-order valence-electron chi connectivity index (χ1n) is 13.3. The number of nitrogens with zero attached hydrogens (tertiary/aromatic N) is 3. The van der Waals surface area contributed by atoms with E-state index in [1.54, 1.807) is 0 Å². The molecule has 0 saturated carbocycles. The van der Waals surface area contributed by atoms with E-state index in [2.05, 4.69) is 77.3 Å². The Kier molecular flexibility index (Phi) is 7.28. The number of rotatable bonds is 6. The van der Waals surface area contributed by atoms with E-state index in [9.17, 15) is 4.79 Å². The van der Waals surface area contributed by atoms with Crippen molar-refractivity contribution in [1.82, 2.24) is 14.9 Å². The molecule has 6 nitrogen and oxygen atoms in total. The zero-order valence-electron chi connectivity index (χ0n) is 23.3. The maximum atomic E-state index is 12.3. The fourth-order valence-corrected chi connectivity index (χ4v) is 5.78. The normalized spacial score (nSPS) is 17.0. The number of aryl methyl sites for hydroxylation is 3. The molecule has 1 aliphatic rings. The Balaban J connectivity index is 1.63. The Hall–Kier alpha value is -3.97. The molecule has 0 radical (unpaired) electrons. The third-order valence-corrected chi connectivity index (χ3v) is 7.83. The lowest BCUT2D eigenvalue weighted by atomic mass is 9.96. The van der Waals surface area contributed by atoms with Crippen LogP contribution < -0.4 is 15.5 Å². The maximum absolute atomic E-state index is 12.3. The summed E-state index contributed by atoms with van der Waals surface area (Å²) >= 11 is 5.96. The number of carbonyl (C=O) groups is 1. The van der Waals surface area contributed by atoms with Gasteiger partial charge < -0.3 is 20.1 Å². The van der Waals surface area contributed by atoms with Crippen LogP contribution in [0.4, 0.5) is 11.4 Å². The summed E-state index contributed by atoms with van der Waals surface area (Å²) < 4.78 is 2.33. The van der Waals surface area contributed by atoms with Gasteiger partial charge in [-0.25, -0.2) is 0 Å². The lowest BCUT2D eigenvalue weighted by Gasteiger charge is -2.29. The van der Waals surface area contributed by atoms with Crippen molar-refractivity contribution in [2.24, 2.45) is 5.92 Å². The number of nitrogens with one attached hydrogen (secondary N) is 2. The quantitative estimate of drug-likeness (QED) is 0.263. The number of hydrogen-bond donors (Lipinski definition) is 2. The van der Waals surface area contributed by atoms with Crippen LogP contribution in [0.2, 0.25) is 0 Å². The first-order chi connectivity index (χ1) is 18.7. The maximum Gasteiger partial charge on any atom is 0.226 e. The van der Waals surface area contributed by atoms with E-state index >= 15 is 0 Å². The monoisotopic (exact) mass is 537 g/mol. The molecule has 1 fully saturated rings. The van der Waals surface area contributed by atoms with Gasteiger partial charge in [0.1, 0.15) is 0 Å². The molecule has 1 saturated heterocycles. The Morgan fingerprint density at radius 2 is 1.72 bits per heavy atom. The van der Waals surface area contributed by atoms with E-state index in [0.29, 0.717) is 5.11 Å². The molecule has 5 rings (SSSR count). The topological polar surface area (TPSA) is 62.2 Å². The number of thiocarbonyl (C=S) groups is 1. The molecule has 7 heteroatoms. The van der Waals surface area contributed by atoms with Crippen molar-refractivity contribution in [3.8, 4) is 5.69 Å². The lowest BCUT2D eigenvalue weighted by Crippen LogP contribution is -2.29. The van der Waals surface area contributed by atoms with Crippen LogP contribution in [-0.2, 0) is 4.79 Å². The fraction of sp³-hybridized carbons (Fsp3) is 0.281. The molecule has 1 amide bonds. The summed E-state index contributed by atoms with van der Waals surface area (Å²) in [7, 11) is 0. The number of carbonyl (C=O) groups excluding carboxylic acids is 1. The number of benzene rings is 2. The molecule has 0 aliphatic carbocycles. The van der Waals surface area contributed by atoms with Crippen LogP contribution in [0.5, 0.6) is 0 Å². The summed E-state index contributed by atoms with van der Waals surface area (Å²) in [4.78, 5) is 19.2. The van der Waals surface area contributed by atoms with Crippen LogP contribution in [0.3, 0.4) is 0 Å². The molecule has 4 aromatic rings. The highest BCUT2D eigenvalue weighted by Gasteiger charge is 2.42. The van der Waals surface area contributed by atoms with Crippen LogP contribution >= 0.6 is 12.2 Å². The van der Waals surface area contributed by atoms with Crippen LogP contribution in [0.1, 0.15) is 59.7 Å². The van der Waals surface area contributed by atoms with Gasteiger partial charge in [0.15, 0.2) is 5.11 Å². The second-order valence-electron chi connectivity index (χ2n) is 10.6. The molecule has 0 unspecified atom stereocenters. The van der Waals surface area contributed by atoms with E-state index in [0.717, 1.165) is 28.3 Å². The van der Waals surface area contributed by atoms with Gasteiger partial charge >= 0.3 is 0 Å². The fourth-order valence-electron chi connectivity index (χ4n) is 5.44. The van der Waals surface area contributed by atoms with Crippen molar-refractivity contribution in [3.63, 3.8) is 0 Å². The predicted octanol–water partition coefficient (Wildman–Crippen LogP) is 6.88. The number of amides is 1. The number of para-hydroxylation sites is 1. The van der Waals surface area contributed by atoms with Gasteiger partial charge in [-0.05, 0) is 99.1 Å². The van der Waals surface area contributed by atoms with Gasteiger partial charge in [0, 0.05) is 40.6 Å². The van der Waals surface area contributed by atoms with Crippen molar-refractivity contribution < 1.29 is 4.79 Å². The van der Waals surface area contributed by atoms with Crippen LogP contribution in [0.25, 0.3) is 5.69 Å². The lowest BCUT2D eigenvalue weighted by molar-refractivity contribution is -0.118. The van der Waals surface area contributed by atoms with E-state index in [4.69, 9.17) is 17.2 Å². The van der Waals surface area contributed by atoms with Crippen molar-refractivity contribution in [2.75, 3.05) is 10.2 Å². The van der Waals surface area contributed by atoms with Crippen molar-refractivity contribution >= 4 is 34.6 Å². The first-order valence-corrected chi connectivity index (χ1v) is 13.7. The highest BCUT2D eigenvalue weighted by atomic mass is 32.1. The second-order valence-corrected chi connectivity index (χ2v) is 11.0. The third-order valence-electron chi connectivity index (χ3n) is 7.51. The van der Waals surface area contributed by atoms with Crippen LogP contribution in [0, 0.1) is 33.6 Å². The Morgan fingerprint density at radius 1 is 0.974 bits per heavy atom. The zero-order chi connectivity index (χ0) is 27.8. The van der Waals surface area contributed by atoms with Crippen molar-refractivity contribution in [1.29, 1.82) is 0 Å². The van der Waals surface area contributed by atoms with Gasteiger partial charge in [0.05, 0.1) is 17.8 Å². The van der Waals surface area contributed by atoms with Gasteiger partial charge in [-0.1, -0.05) is 38.1 Å². The Morgan fingerprint density at radius 3 is 2.38 bits per heavy atom. The number of hydrogen-bond acceptors (Lipinski definition) is 3. The highest BCUT2D eigenvalue weighted by Crippen LogP contribution is 2.44. The second kappa shape index (κ2) is 10.7. The third kappa shape index (κ3) is 4.94. The van der Waals surface area contributed by atoms with Gasteiger partial charge in [-0.15, -0.1) is 0 Å². The van der Waals surface area contributed by atoms with E-state index in [1.165, 1.54) is 22.5 Å². The average Bonchev–Trinajstić information content (AvgIpc) is 3.41. The summed E-state index contributed by atoms with van der Waals surface area (Å²) in [5.74, 6) is -0.0904. The molecular weight excluding hydrogens is 502 g/mol. The van der Waals surface area contributed by atoms with Crippen molar-refractivity contribution in [3.05, 3.63) is 107 Å². The molecule has 1 aliphatic heterocycles. The molecule has 3 heterocycles. The summed E-state index contributed by atoms with van der Waals surface area (Å²) in [5, 5.41) is 7.26. The minimum Gasteiger partial charge on any atom is -0.351 e. The van der Waals surface area contributed by atoms with E-state index in [-0.39, 0.29) is 23.9 Å². The molecule has 2 aromatic heterocycles. The molecule has 2 aromatic carbocycles. The van der Waals surface area contributed by atoms with E-state index < -0.39 is 0 Å². The molecule has 2 atom stereocenters. The largest absolute Gasteiger partial charge is 0.351 e. The summed E-state index contributed by atoms with van der Waals surface area (Å²) in [6.07, 6.45) is 1.83. The predicted molar refractivity (Wildman–Crippen MR) is 163 cm³/mol. The number of pyridine rings is 1. The van der Waals surface area contributed by atoms with Gasteiger partial charge in [0.25, 0.3) is 0 Å². The zero-order valence-corrected chi connectivity index (χ0v) is 24.1. The van der Waals surface area contributed by atoms with Gasteiger partial charge in [-0.3, -0.25) is 9.78 Å². The minimum absolute atomic E-state index is 0.000878.